The lowest BCUT2D eigenvalue weighted by Gasteiger charge is -2.13. The highest BCUT2D eigenvalue weighted by atomic mass is 16.6. The summed E-state index contributed by atoms with van der Waals surface area (Å²) >= 11 is 0. The van der Waals surface area contributed by atoms with Gasteiger partial charge in [0.1, 0.15) is 0 Å². The van der Waals surface area contributed by atoms with Gasteiger partial charge in [0, 0.05) is 17.2 Å². The number of carbonyl (C=O) groups is 1. The van der Waals surface area contributed by atoms with E-state index in [0.29, 0.717) is 28.4 Å². The molecule has 0 atom stereocenters. The number of nitrogens with zero attached hydrogens (tertiary/aromatic N) is 1. The Morgan fingerprint density at radius 1 is 0.846 bits per heavy atom. The molecule has 0 aromatic heterocycles. The number of methoxy groups -OCH3 is 5. The molecule has 204 valence electrons. The number of rotatable bonds is 12. The summed E-state index contributed by atoms with van der Waals surface area (Å²) in [6.07, 6.45) is 6.68. The van der Waals surface area contributed by atoms with Gasteiger partial charge in [0.05, 0.1) is 40.5 Å². The van der Waals surface area contributed by atoms with Crippen LogP contribution in [0.3, 0.4) is 0 Å². The number of carbonyl (C=O) groups excluding carboxylic acids is 1. The molecule has 39 heavy (non-hydrogen) atoms. The molecule has 0 fully saturated rings. The average molecular weight is 536 g/mol. The van der Waals surface area contributed by atoms with Crippen molar-refractivity contribution >= 4 is 23.6 Å². The lowest BCUT2D eigenvalue weighted by Crippen LogP contribution is -1.99. The van der Waals surface area contributed by atoms with Crippen LogP contribution in [0.4, 0.5) is 5.69 Å². The largest absolute Gasteiger partial charge is 0.504 e. The van der Waals surface area contributed by atoms with E-state index in [4.69, 9.17) is 23.7 Å². The molecular weight excluding hydrogens is 506 g/mol. The summed E-state index contributed by atoms with van der Waals surface area (Å²) in [5, 5.41) is 22.1. The van der Waals surface area contributed by atoms with Gasteiger partial charge in [-0.05, 0) is 54.0 Å². The molecule has 0 unspecified atom stereocenters. The first-order valence-corrected chi connectivity index (χ1v) is 11.7. The van der Waals surface area contributed by atoms with Crippen molar-refractivity contribution < 1.29 is 38.5 Å². The highest BCUT2D eigenvalue weighted by molar-refractivity contribution is 6.05. The van der Waals surface area contributed by atoms with Crippen molar-refractivity contribution in [2.45, 2.75) is 6.42 Å². The number of ether oxygens (including phenoxy) is 5. The van der Waals surface area contributed by atoms with E-state index in [0.717, 1.165) is 5.56 Å². The summed E-state index contributed by atoms with van der Waals surface area (Å²) in [4.78, 5) is 23.4. The maximum atomic E-state index is 12.7. The smallest absolute Gasteiger partial charge is 0.311 e. The van der Waals surface area contributed by atoms with E-state index in [1.165, 1.54) is 59.8 Å². The summed E-state index contributed by atoms with van der Waals surface area (Å²) in [5.74, 6) is 1.30. The third kappa shape index (κ3) is 6.48. The molecule has 1 N–H and O–H groups in total. The molecular formula is C29H29NO9. The fourth-order valence-electron chi connectivity index (χ4n) is 3.92. The number of hydrogen-bond donors (Lipinski definition) is 1. The molecule has 10 heteroatoms. The molecule has 3 aromatic carbocycles. The Balaban J connectivity index is 1.91. The maximum absolute atomic E-state index is 12.7. The van der Waals surface area contributed by atoms with Crippen molar-refractivity contribution in [3.63, 3.8) is 0 Å². The number of phenols is 1. The van der Waals surface area contributed by atoms with E-state index in [9.17, 15) is 20.0 Å². The third-order valence-electron chi connectivity index (χ3n) is 5.90. The highest BCUT2D eigenvalue weighted by Crippen LogP contribution is 2.39. The summed E-state index contributed by atoms with van der Waals surface area (Å²) in [5.41, 5.74) is 1.79. The fourth-order valence-corrected chi connectivity index (χ4v) is 3.92. The highest BCUT2D eigenvalue weighted by Gasteiger charge is 2.18. The number of ketones is 1. The van der Waals surface area contributed by atoms with Gasteiger partial charge in [-0.25, -0.2) is 0 Å². The van der Waals surface area contributed by atoms with Gasteiger partial charge >= 0.3 is 5.69 Å². The zero-order chi connectivity index (χ0) is 28.5. The van der Waals surface area contributed by atoms with Gasteiger partial charge in [-0.2, -0.15) is 0 Å². The van der Waals surface area contributed by atoms with Crippen LogP contribution in [0.2, 0.25) is 0 Å². The minimum atomic E-state index is -0.611. The molecule has 0 amide bonds. The van der Waals surface area contributed by atoms with Gasteiger partial charge in [-0.3, -0.25) is 14.9 Å². The number of benzene rings is 3. The van der Waals surface area contributed by atoms with Crippen LogP contribution >= 0.6 is 0 Å². The van der Waals surface area contributed by atoms with Crippen LogP contribution in [0.15, 0.2) is 54.6 Å². The predicted molar refractivity (Wildman–Crippen MR) is 147 cm³/mol. The molecule has 0 aliphatic heterocycles. The molecule has 3 rings (SSSR count). The third-order valence-corrected chi connectivity index (χ3v) is 5.90. The Morgan fingerprint density at radius 2 is 1.46 bits per heavy atom. The Hall–Kier alpha value is -4.99. The van der Waals surface area contributed by atoms with Gasteiger partial charge in [0.15, 0.2) is 34.5 Å². The van der Waals surface area contributed by atoms with E-state index in [1.807, 2.05) is 6.08 Å². The Kier molecular flexibility index (Phi) is 9.53. The Bertz CT molecular complexity index is 1400. The van der Waals surface area contributed by atoms with Gasteiger partial charge in [0.2, 0.25) is 5.75 Å². The first kappa shape index (κ1) is 28.6. The second-order valence-electron chi connectivity index (χ2n) is 8.09. The van der Waals surface area contributed by atoms with Crippen LogP contribution in [-0.2, 0) is 6.42 Å². The molecule has 0 aliphatic rings. The minimum Gasteiger partial charge on any atom is -0.504 e. The average Bonchev–Trinajstić information content (AvgIpc) is 2.95. The van der Waals surface area contributed by atoms with E-state index < -0.39 is 10.7 Å². The van der Waals surface area contributed by atoms with Crippen molar-refractivity contribution in [2.24, 2.45) is 0 Å². The van der Waals surface area contributed by atoms with Gasteiger partial charge in [-0.1, -0.05) is 24.3 Å². The van der Waals surface area contributed by atoms with Crippen LogP contribution < -0.4 is 23.7 Å². The van der Waals surface area contributed by atoms with Crippen LogP contribution in [0, 0.1) is 10.1 Å². The topological polar surface area (TPSA) is 127 Å². The van der Waals surface area contributed by atoms with Crippen LogP contribution in [0.5, 0.6) is 34.5 Å². The first-order valence-electron chi connectivity index (χ1n) is 11.7. The number of nitro groups is 1. The lowest BCUT2D eigenvalue weighted by atomic mass is 10.00. The zero-order valence-electron chi connectivity index (χ0n) is 22.2. The molecule has 0 spiro atoms. The van der Waals surface area contributed by atoms with Gasteiger partial charge in [0.25, 0.3) is 0 Å². The summed E-state index contributed by atoms with van der Waals surface area (Å²) in [6, 6.07) is 11.0. The Labute approximate surface area is 225 Å². The summed E-state index contributed by atoms with van der Waals surface area (Å²) in [7, 11) is 7.35. The van der Waals surface area contributed by atoms with Crippen molar-refractivity contribution in [2.75, 3.05) is 35.5 Å². The van der Waals surface area contributed by atoms with Gasteiger partial charge in [-0.15, -0.1) is 0 Å². The Morgan fingerprint density at radius 3 is 2.03 bits per heavy atom. The van der Waals surface area contributed by atoms with E-state index >= 15 is 0 Å². The van der Waals surface area contributed by atoms with Crippen LogP contribution in [0.1, 0.15) is 27.0 Å². The molecule has 0 radical (unpaired) electrons. The molecule has 0 saturated carbocycles. The lowest BCUT2D eigenvalue weighted by molar-refractivity contribution is -0.385. The van der Waals surface area contributed by atoms with Crippen molar-refractivity contribution in [1.82, 2.24) is 0 Å². The van der Waals surface area contributed by atoms with E-state index in [-0.39, 0.29) is 34.9 Å². The number of allylic oxidation sites excluding steroid dienone is 2. The quantitative estimate of drug-likeness (QED) is 0.105. The molecule has 0 heterocycles. The zero-order valence-corrected chi connectivity index (χ0v) is 22.2. The normalized spacial score (nSPS) is 11.0. The maximum Gasteiger partial charge on any atom is 0.311 e. The number of nitro benzene ring substituents is 1. The van der Waals surface area contributed by atoms with Crippen LogP contribution in [-0.4, -0.2) is 51.4 Å². The number of aromatic hydroxyl groups is 1. The van der Waals surface area contributed by atoms with Crippen molar-refractivity contribution in [3.8, 4) is 34.5 Å². The first-order chi connectivity index (χ1) is 18.8. The van der Waals surface area contributed by atoms with Crippen LogP contribution in [0.25, 0.3) is 12.2 Å². The molecule has 0 saturated heterocycles. The molecule has 3 aromatic rings. The number of hydrogen-bond acceptors (Lipinski definition) is 9. The molecule has 0 bridgehead atoms. The fraction of sp³-hybridized carbons (Fsp3) is 0.207. The van der Waals surface area contributed by atoms with E-state index in [1.54, 1.807) is 36.4 Å². The summed E-state index contributed by atoms with van der Waals surface area (Å²) < 4.78 is 26.4. The van der Waals surface area contributed by atoms with Crippen molar-refractivity contribution in [3.05, 3.63) is 87.0 Å². The van der Waals surface area contributed by atoms with Gasteiger partial charge < -0.3 is 28.8 Å². The second kappa shape index (κ2) is 13.0. The predicted octanol–water partition coefficient (Wildman–Crippen LogP) is 5.50. The van der Waals surface area contributed by atoms with E-state index in [2.05, 4.69) is 0 Å². The SMILES string of the molecule is COc1ccc(C(=O)/C=C\Cc2c(/C=C\c3cc(OC)c(OC)c(OC)c3)ccc(OC)c2O)cc1[N+](=O)[O-]. The monoisotopic (exact) mass is 535 g/mol. The number of phenolic OH excluding ortho intramolecular Hbond substituents is 1. The molecule has 10 nitrogen and oxygen atoms in total. The van der Waals surface area contributed by atoms with Crippen molar-refractivity contribution in [1.29, 1.82) is 0 Å². The molecule has 0 aliphatic carbocycles. The summed E-state index contributed by atoms with van der Waals surface area (Å²) in [6.45, 7) is 0. The standard InChI is InChI=1S/C29H29NO9/c1-35-24-13-12-20(17-22(24)30(33)34)23(31)8-6-7-21-19(11-14-25(36-2)28(21)32)10-9-18-15-26(37-3)29(39-5)27(16-18)38-4/h6,8-17,32H,7H2,1-5H3/b8-6-,10-9-. The second-order valence-corrected chi connectivity index (χ2v) is 8.09. The minimum absolute atomic E-state index is 0.0605.